The van der Waals surface area contributed by atoms with Crippen LogP contribution in [0.25, 0.3) is 0 Å². The third kappa shape index (κ3) is 4.24. The largest absolute Gasteiger partial charge is 0.494 e. The van der Waals surface area contributed by atoms with Crippen LogP contribution in [0.4, 0.5) is 4.39 Å². The minimum atomic E-state index is -0.340. The van der Waals surface area contributed by atoms with Crippen LogP contribution in [0.1, 0.15) is 5.56 Å². The van der Waals surface area contributed by atoms with Crippen molar-refractivity contribution < 1.29 is 13.9 Å². The molecule has 1 N–H and O–H groups in total. The summed E-state index contributed by atoms with van der Waals surface area (Å²) in [6.45, 7) is 1.87. The van der Waals surface area contributed by atoms with Crippen molar-refractivity contribution in [1.29, 1.82) is 0 Å². The second-order valence-electron chi connectivity index (χ2n) is 4.31. The lowest BCUT2D eigenvalue weighted by molar-refractivity contribution is 0.313. The van der Waals surface area contributed by atoms with E-state index in [4.69, 9.17) is 9.47 Å². The monoisotopic (exact) mass is 275 g/mol. The van der Waals surface area contributed by atoms with Crippen LogP contribution in [0.5, 0.6) is 11.5 Å². The van der Waals surface area contributed by atoms with Gasteiger partial charge in [0.05, 0.1) is 7.11 Å². The molecular formula is C16H18FNO2. The van der Waals surface area contributed by atoms with Crippen LogP contribution in [0.2, 0.25) is 0 Å². The first kappa shape index (κ1) is 14.3. The van der Waals surface area contributed by atoms with E-state index in [9.17, 15) is 4.39 Å². The van der Waals surface area contributed by atoms with E-state index < -0.39 is 0 Å². The Labute approximate surface area is 118 Å². The molecule has 0 aromatic heterocycles. The molecule has 0 fully saturated rings. The Morgan fingerprint density at radius 1 is 1.10 bits per heavy atom. The van der Waals surface area contributed by atoms with Crippen molar-refractivity contribution in [3.05, 3.63) is 59.9 Å². The Hall–Kier alpha value is -2.07. The van der Waals surface area contributed by atoms with E-state index in [0.717, 1.165) is 11.3 Å². The van der Waals surface area contributed by atoms with E-state index in [1.807, 2.05) is 36.4 Å². The molecule has 0 aliphatic rings. The summed E-state index contributed by atoms with van der Waals surface area (Å²) in [6, 6.07) is 14.6. The van der Waals surface area contributed by atoms with Gasteiger partial charge < -0.3 is 14.8 Å². The van der Waals surface area contributed by atoms with E-state index in [-0.39, 0.29) is 11.6 Å². The van der Waals surface area contributed by atoms with Gasteiger partial charge in [-0.05, 0) is 29.8 Å². The van der Waals surface area contributed by atoms with Crippen molar-refractivity contribution in [3.63, 3.8) is 0 Å². The van der Waals surface area contributed by atoms with Gasteiger partial charge in [-0.3, -0.25) is 0 Å². The van der Waals surface area contributed by atoms with Gasteiger partial charge in [0.15, 0.2) is 11.6 Å². The zero-order valence-corrected chi connectivity index (χ0v) is 11.4. The van der Waals surface area contributed by atoms with E-state index in [1.54, 1.807) is 6.07 Å². The highest BCUT2D eigenvalue weighted by Crippen LogP contribution is 2.17. The molecule has 0 atom stereocenters. The third-order valence-electron chi connectivity index (χ3n) is 2.84. The average Bonchev–Trinajstić information content (AvgIpc) is 2.48. The fourth-order valence-corrected chi connectivity index (χ4v) is 1.81. The number of methoxy groups -OCH3 is 1. The van der Waals surface area contributed by atoms with Gasteiger partial charge >= 0.3 is 0 Å². The number of nitrogens with one attached hydrogen (secondary N) is 1. The normalized spacial score (nSPS) is 10.3. The minimum absolute atomic E-state index is 0.265. The Balaban J connectivity index is 1.69. The number of ether oxygens (including phenoxy) is 2. The fraction of sp³-hybridized carbons (Fsp3) is 0.250. The quantitative estimate of drug-likeness (QED) is 0.788. The van der Waals surface area contributed by atoms with Gasteiger partial charge in [-0.2, -0.15) is 0 Å². The molecule has 0 aliphatic carbocycles. The summed E-state index contributed by atoms with van der Waals surface area (Å²) < 4.78 is 23.9. The van der Waals surface area contributed by atoms with E-state index in [2.05, 4.69) is 5.32 Å². The molecule has 0 saturated heterocycles. The maximum Gasteiger partial charge on any atom is 0.165 e. The van der Waals surface area contributed by atoms with Crippen molar-refractivity contribution in [2.75, 3.05) is 20.3 Å². The van der Waals surface area contributed by atoms with Crippen LogP contribution in [0.15, 0.2) is 48.5 Å². The average molecular weight is 275 g/mol. The van der Waals surface area contributed by atoms with Crippen molar-refractivity contribution >= 4 is 0 Å². The van der Waals surface area contributed by atoms with Gasteiger partial charge in [0.2, 0.25) is 0 Å². The highest BCUT2D eigenvalue weighted by molar-refractivity contribution is 5.29. The zero-order chi connectivity index (χ0) is 14.2. The molecule has 20 heavy (non-hydrogen) atoms. The number of hydrogen-bond donors (Lipinski definition) is 1. The summed E-state index contributed by atoms with van der Waals surface area (Å²) in [6.07, 6.45) is 0. The topological polar surface area (TPSA) is 30.5 Å². The molecule has 0 bridgehead atoms. The summed E-state index contributed by atoms with van der Waals surface area (Å²) in [5, 5.41) is 3.20. The molecule has 0 spiro atoms. The first-order valence-corrected chi connectivity index (χ1v) is 6.50. The third-order valence-corrected chi connectivity index (χ3v) is 2.84. The highest BCUT2D eigenvalue weighted by Gasteiger charge is 2.02. The first-order valence-electron chi connectivity index (χ1n) is 6.50. The number of rotatable bonds is 7. The number of benzene rings is 2. The molecule has 2 rings (SSSR count). The van der Waals surface area contributed by atoms with Crippen LogP contribution in [-0.2, 0) is 6.54 Å². The van der Waals surface area contributed by atoms with Gasteiger partial charge in [0.25, 0.3) is 0 Å². The number of halogens is 1. The van der Waals surface area contributed by atoms with Crippen LogP contribution in [0.3, 0.4) is 0 Å². The molecule has 106 valence electrons. The van der Waals surface area contributed by atoms with Crippen molar-refractivity contribution in [1.82, 2.24) is 5.32 Å². The van der Waals surface area contributed by atoms with Gasteiger partial charge in [-0.1, -0.05) is 24.3 Å². The van der Waals surface area contributed by atoms with Crippen LogP contribution < -0.4 is 14.8 Å². The molecule has 0 saturated carbocycles. The standard InChI is InChI=1S/C16H18FNO2/c1-19-16-8-7-13(11-15(16)17)12-18-9-10-20-14-5-3-2-4-6-14/h2-8,11,18H,9-10,12H2,1H3. The van der Waals surface area contributed by atoms with E-state index in [0.29, 0.717) is 19.7 Å². The Morgan fingerprint density at radius 2 is 1.90 bits per heavy atom. The molecule has 4 heteroatoms. The maximum absolute atomic E-state index is 13.5. The molecule has 2 aromatic rings. The minimum Gasteiger partial charge on any atom is -0.494 e. The lowest BCUT2D eigenvalue weighted by atomic mass is 10.2. The van der Waals surface area contributed by atoms with Gasteiger partial charge in [0.1, 0.15) is 12.4 Å². The van der Waals surface area contributed by atoms with E-state index in [1.165, 1.54) is 13.2 Å². The smallest absolute Gasteiger partial charge is 0.165 e. The van der Waals surface area contributed by atoms with E-state index >= 15 is 0 Å². The molecule has 2 aromatic carbocycles. The summed E-state index contributed by atoms with van der Waals surface area (Å²) >= 11 is 0. The second kappa shape index (κ2) is 7.50. The highest BCUT2D eigenvalue weighted by atomic mass is 19.1. The fourth-order valence-electron chi connectivity index (χ4n) is 1.81. The lowest BCUT2D eigenvalue weighted by Gasteiger charge is -2.08. The lowest BCUT2D eigenvalue weighted by Crippen LogP contribution is -2.20. The molecule has 0 aliphatic heterocycles. The Morgan fingerprint density at radius 3 is 2.60 bits per heavy atom. The molecule has 0 heterocycles. The zero-order valence-electron chi connectivity index (χ0n) is 11.4. The maximum atomic E-state index is 13.5. The predicted octanol–water partition coefficient (Wildman–Crippen LogP) is 3.00. The summed E-state index contributed by atoms with van der Waals surface area (Å²) in [5.41, 5.74) is 0.878. The summed E-state index contributed by atoms with van der Waals surface area (Å²) in [7, 11) is 1.46. The molecular weight excluding hydrogens is 257 g/mol. The molecule has 3 nitrogen and oxygen atoms in total. The van der Waals surface area contributed by atoms with Crippen LogP contribution in [-0.4, -0.2) is 20.3 Å². The van der Waals surface area contributed by atoms with Crippen LogP contribution in [0, 0.1) is 5.82 Å². The van der Waals surface area contributed by atoms with Crippen LogP contribution >= 0.6 is 0 Å². The van der Waals surface area contributed by atoms with Gasteiger partial charge in [-0.15, -0.1) is 0 Å². The van der Waals surface area contributed by atoms with Crippen molar-refractivity contribution in [2.45, 2.75) is 6.54 Å². The Bertz CT molecular complexity index is 531. The Kier molecular flexibility index (Phi) is 5.38. The van der Waals surface area contributed by atoms with Gasteiger partial charge in [-0.25, -0.2) is 4.39 Å². The number of hydrogen-bond acceptors (Lipinski definition) is 3. The van der Waals surface area contributed by atoms with Gasteiger partial charge in [0, 0.05) is 13.1 Å². The first-order chi connectivity index (χ1) is 9.79. The second-order valence-corrected chi connectivity index (χ2v) is 4.31. The molecule has 0 amide bonds. The SMILES string of the molecule is COc1ccc(CNCCOc2ccccc2)cc1F. The molecule has 0 unspecified atom stereocenters. The predicted molar refractivity (Wildman–Crippen MR) is 76.6 cm³/mol. The van der Waals surface area contributed by atoms with Crippen molar-refractivity contribution in [3.8, 4) is 11.5 Å². The summed E-state index contributed by atoms with van der Waals surface area (Å²) in [5.74, 6) is 0.776. The van der Waals surface area contributed by atoms with Crippen molar-refractivity contribution in [2.24, 2.45) is 0 Å². The number of para-hydroxylation sites is 1. The summed E-state index contributed by atoms with van der Waals surface area (Å²) in [4.78, 5) is 0. The molecule has 0 radical (unpaired) electrons.